The van der Waals surface area contributed by atoms with Crippen LogP contribution in [0.2, 0.25) is 0 Å². The zero-order chi connectivity index (χ0) is 11.5. The Labute approximate surface area is 95.5 Å². The number of aromatic nitrogens is 2. The van der Waals surface area contributed by atoms with Gasteiger partial charge < -0.3 is 5.11 Å². The van der Waals surface area contributed by atoms with E-state index in [1.165, 1.54) is 19.3 Å². The van der Waals surface area contributed by atoms with E-state index in [1.54, 1.807) is 4.57 Å². The molecule has 4 heteroatoms. The van der Waals surface area contributed by atoms with Gasteiger partial charge in [-0.25, -0.2) is 13.9 Å². The van der Waals surface area contributed by atoms with Crippen LogP contribution in [0.5, 0.6) is 0 Å². The third-order valence-electron chi connectivity index (χ3n) is 3.34. The molecule has 0 radical (unpaired) electrons. The Morgan fingerprint density at radius 3 is 3.00 bits per heavy atom. The standard InChI is InChI=1S/C12H18N2O2/c1-10-2-3-11(6-10)7-13-4-5-14(9-13)8-12(15)16/h4-5,9-11H,2-3,6-8H2,1H3/p+1. The number of rotatable bonds is 4. The average Bonchev–Trinajstić information content (AvgIpc) is 2.76. The van der Waals surface area contributed by atoms with E-state index >= 15 is 0 Å². The van der Waals surface area contributed by atoms with E-state index < -0.39 is 5.97 Å². The summed E-state index contributed by atoms with van der Waals surface area (Å²) in [5.74, 6) is 0.824. The van der Waals surface area contributed by atoms with Gasteiger partial charge in [0.2, 0.25) is 6.33 Å². The van der Waals surface area contributed by atoms with E-state index in [4.69, 9.17) is 5.11 Å². The lowest BCUT2D eigenvalue weighted by atomic mass is 10.1. The molecular weight excluding hydrogens is 204 g/mol. The molecule has 1 aromatic rings. The lowest BCUT2D eigenvalue weighted by Gasteiger charge is -2.05. The number of nitrogens with zero attached hydrogens (tertiary/aromatic N) is 2. The Kier molecular flexibility index (Phi) is 3.27. The molecule has 0 bridgehead atoms. The van der Waals surface area contributed by atoms with Crippen molar-refractivity contribution in [3.63, 3.8) is 0 Å². The van der Waals surface area contributed by atoms with E-state index in [9.17, 15) is 4.79 Å². The third kappa shape index (κ3) is 2.84. The molecule has 4 nitrogen and oxygen atoms in total. The summed E-state index contributed by atoms with van der Waals surface area (Å²) in [4.78, 5) is 10.5. The maximum Gasteiger partial charge on any atom is 0.346 e. The zero-order valence-electron chi connectivity index (χ0n) is 9.67. The highest BCUT2D eigenvalue weighted by Crippen LogP contribution is 2.30. The van der Waals surface area contributed by atoms with Crippen LogP contribution in [-0.4, -0.2) is 15.6 Å². The molecule has 0 aliphatic heterocycles. The fourth-order valence-electron chi connectivity index (χ4n) is 2.59. The van der Waals surface area contributed by atoms with Crippen molar-refractivity contribution < 1.29 is 14.5 Å². The highest BCUT2D eigenvalue weighted by molar-refractivity contribution is 5.66. The van der Waals surface area contributed by atoms with Crippen molar-refractivity contribution in [3.05, 3.63) is 18.7 Å². The highest BCUT2D eigenvalue weighted by atomic mass is 16.4. The first-order valence-corrected chi connectivity index (χ1v) is 5.90. The maximum absolute atomic E-state index is 10.5. The fraction of sp³-hybridized carbons (Fsp3) is 0.667. The number of aliphatic carboxylic acids is 1. The molecule has 0 aromatic carbocycles. The van der Waals surface area contributed by atoms with Crippen molar-refractivity contribution in [1.29, 1.82) is 0 Å². The Bertz CT molecular complexity index is 373. The number of imidazole rings is 1. The summed E-state index contributed by atoms with van der Waals surface area (Å²) in [6.45, 7) is 3.38. The first-order valence-electron chi connectivity index (χ1n) is 5.90. The third-order valence-corrected chi connectivity index (χ3v) is 3.34. The highest BCUT2D eigenvalue weighted by Gasteiger charge is 2.23. The number of carboxylic acids is 1. The van der Waals surface area contributed by atoms with Crippen molar-refractivity contribution in [2.24, 2.45) is 11.8 Å². The van der Waals surface area contributed by atoms with Gasteiger partial charge in [-0.15, -0.1) is 0 Å². The molecule has 0 spiro atoms. The molecular formula is C12H19N2O2+. The first kappa shape index (κ1) is 11.2. The van der Waals surface area contributed by atoms with Crippen LogP contribution in [0.15, 0.2) is 18.7 Å². The van der Waals surface area contributed by atoms with Crippen molar-refractivity contribution in [1.82, 2.24) is 4.57 Å². The Balaban J connectivity index is 1.90. The van der Waals surface area contributed by atoms with E-state index in [2.05, 4.69) is 11.5 Å². The summed E-state index contributed by atoms with van der Waals surface area (Å²) in [6.07, 6.45) is 9.62. The molecule has 1 aromatic heterocycles. The maximum atomic E-state index is 10.5. The molecule has 2 unspecified atom stereocenters. The van der Waals surface area contributed by atoms with Crippen LogP contribution in [0.3, 0.4) is 0 Å². The van der Waals surface area contributed by atoms with Gasteiger partial charge in [-0.2, -0.15) is 0 Å². The molecule has 2 rings (SSSR count). The van der Waals surface area contributed by atoms with Crippen molar-refractivity contribution in [3.8, 4) is 0 Å². The number of hydrogen-bond donors (Lipinski definition) is 1. The molecule has 1 saturated carbocycles. The van der Waals surface area contributed by atoms with Gasteiger partial charge in [-0.05, 0) is 24.7 Å². The minimum Gasteiger partial charge on any atom is -0.478 e. The number of carboxylic acid groups (broad SMARTS) is 1. The molecule has 1 fully saturated rings. The number of hydrogen-bond acceptors (Lipinski definition) is 1. The van der Waals surface area contributed by atoms with Gasteiger partial charge in [0, 0.05) is 0 Å². The van der Waals surface area contributed by atoms with Gasteiger partial charge in [0.15, 0.2) is 6.54 Å². The Hall–Kier alpha value is -1.32. The van der Waals surface area contributed by atoms with Crippen LogP contribution in [0, 0.1) is 11.8 Å². The fourth-order valence-corrected chi connectivity index (χ4v) is 2.59. The lowest BCUT2D eigenvalue weighted by Crippen LogP contribution is -2.35. The normalized spacial score (nSPS) is 24.8. The summed E-state index contributed by atoms with van der Waals surface area (Å²) in [6, 6.07) is 0. The van der Waals surface area contributed by atoms with Gasteiger partial charge in [0.05, 0.1) is 6.54 Å². The zero-order valence-corrected chi connectivity index (χ0v) is 9.67. The minimum atomic E-state index is -0.794. The lowest BCUT2D eigenvalue weighted by molar-refractivity contribution is -0.702. The summed E-state index contributed by atoms with van der Waals surface area (Å²) >= 11 is 0. The predicted octanol–water partition coefficient (Wildman–Crippen LogP) is 1.30. The van der Waals surface area contributed by atoms with E-state index in [1.807, 2.05) is 18.7 Å². The van der Waals surface area contributed by atoms with E-state index in [0.717, 1.165) is 18.4 Å². The average molecular weight is 223 g/mol. The molecule has 1 N–H and O–H groups in total. The SMILES string of the molecule is CC1CCC(C[n+]2ccn(CC(=O)O)c2)C1. The van der Waals surface area contributed by atoms with Crippen LogP contribution in [0.1, 0.15) is 26.2 Å². The minimum absolute atomic E-state index is 0.0497. The van der Waals surface area contributed by atoms with Gasteiger partial charge in [0.25, 0.3) is 0 Å². The second-order valence-electron chi connectivity index (χ2n) is 4.96. The smallest absolute Gasteiger partial charge is 0.346 e. The first-order chi connectivity index (χ1) is 7.63. The summed E-state index contributed by atoms with van der Waals surface area (Å²) in [5.41, 5.74) is 0. The molecule has 1 heterocycles. The van der Waals surface area contributed by atoms with Gasteiger partial charge in [-0.3, -0.25) is 0 Å². The molecule has 1 aliphatic rings. The van der Waals surface area contributed by atoms with Gasteiger partial charge >= 0.3 is 5.97 Å². The van der Waals surface area contributed by atoms with Crippen molar-refractivity contribution in [2.75, 3.05) is 0 Å². The molecule has 0 saturated heterocycles. The predicted molar refractivity (Wildman–Crippen MR) is 58.8 cm³/mol. The summed E-state index contributed by atoms with van der Waals surface area (Å²) < 4.78 is 3.81. The second kappa shape index (κ2) is 4.68. The van der Waals surface area contributed by atoms with Crippen LogP contribution in [0.25, 0.3) is 0 Å². The van der Waals surface area contributed by atoms with Crippen LogP contribution in [-0.2, 0) is 17.9 Å². The van der Waals surface area contributed by atoms with E-state index in [-0.39, 0.29) is 6.54 Å². The molecule has 2 atom stereocenters. The quantitative estimate of drug-likeness (QED) is 0.782. The van der Waals surface area contributed by atoms with Crippen molar-refractivity contribution >= 4 is 5.97 Å². The largest absolute Gasteiger partial charge is 0.478 e. The van der Waals surface area contributed by atoms with Crippen LogP contribution < -0.4 is 4.57 Å². The van der Waals surface area contributed by atoms with E-state index in [0.29, 0.717) is 0 Å². The summed E-state index contributed by atoms with van der Waals surface area (Å²) in [5, 5.41) is 8.67. The summed E-state index contributed by atoms with van der Waals surface area (Å²) in [7, 11) is 0. The Morgan fingerprint density at radius 1 is 1.56 bits per heavy atom. The monoisotopic (exact) mass is 223 g/mol. The molecule has 88 valence electrons. The van der Waals surface area contributed by atoms with Crippen LogP contribution in [0.4, 0.5) is 0 Å². The second-order valence-corrected chi connectivity index (χ2v) is 4.96. The van der Waals surface area contributed by atoms with Crippen LogP contribution >= 0.6 is 0 Å². The molecule has 16 heavy (non-hydrogen) atoms. The van der Waals surface area contributed by atoms with Gasteiger partial charge in [0.1, 0.15) is 12.4 Å². The molecule has 0 amide bonds. The topological polar surface area (TPSA) is 46.1 Å². The number of carbonyl (C=O) groups is 1. The molecule has 1 aliphatic carbocycles. The van der Waals surface area contributed by atoms with Gasteiger partial charge in [-0.1, -0.05) is 13.3 Å². The Morgan fingerprint density at radius 2 is 2.38 bits per heavy atom. The van der Waals surface area contributed by atoms with Crippen molar-refractivity contribution in [2.45, 2.75) is 39.3 Å².